The summed E-state index contributed by atoms with van der Waals surface area (Å²) in [6.07, 6.45) is 3.44. The third kappa shape index (κ3) is 4.40. The minimum atomic E-state index is 0.0873. The number of hydrogen-bond donors (Lipinski definition) is 1. The molecule has 0 fully saturated rings. The number of aromatic amines is 1. The minimum Gasteiger partial charge on any atom is -0.347 e. The number of benzene rings is 1. The predicted molar refractivity (Wildman–Crippen MR) is 79.9 cm³/mol. The molecule has 6 heteroatoms. The van der Waals surface area contributed by atoms with Gasteiger partial charge in [-0.25, -0.2) is 4.98 Å². The maximum absolute atomic E-state index is 12.0. The summed E-state index contributed by atoms with van der Waals surface area (Å²) in [5, 5.41) is 0. The number of carbonyl (C=O) groups excluding carboxylic acids is 1. The van der Waals surface area contributed by atoms with Gasteiger partial charge in [-0.15, -0.1) is 11.8 Å². The van der Waals surface area contributed by atoms with Crippen LogP contribution in [0, 0.1) is 0 Å². The Morgan fingerprint density at radius 2 is 2.16 bits per heavy atom. The smallest absolute Gasteiger partial charge is 0.233 e. The number of H-pyrrole nitrogens is 1. The van der Waals surface area contributed by atoms with Gasteiger partial charge in [0.2, 0.25) is 5.91 Å². The predicted octanol–water partition coefficient (Wildman–Crippen LogP) is 2.92. The zero-order valence-corrected chi connectivity index (χ0v) is 12.9. The number of rotatable bonds is 5. The number of thioether (sulfide) groups is 1. The van der Waals surface area contributed by atoms with Crippen LogP contribution in [0.1, 0.15) is 5.82 Å². The summed E-state index contributed by atoms with van der Waals surface area (Å²) in [5.41, 5.74) is 0. The van der Waals surface area contributed by atoms with Gasteiger partial charge in [-0.1, -0.05) is 15.9 Å². The lowest BCUT2D eigenvalue weighted by Crippen LogP contribution is -2.28. The van der Waals surface area contributed by atoms with E-state index in [9.17, 15) is 4.79 Å². The Kier molecular flexibility index (Phi) is 5.04. The number of nitrogens with zero attached hydrogens (tertiary/aromatic N) is 2. The van der Waals surface area contributed by atoms with E-state index >= 15 is 0 Å². The molecule has 1 N–H and O–H groups in total. The van der Waals surface area contributed by atoms with Crippen molar-refractivity contribution in [2.45, 2.75) is 11.4 Å². The Bertz CT molecular complexity index is 527. The summed E-state index contributed by atoms with van der Waals surface area (Å²) in [4.78, 5) is 21.8. The Morgan fingerprint density at radius 3 is 2.79 bits per heavy atom. The Morgan fingerprint density at radius 1 is 1.42 bits per heavy atom. The monoisotopic (exact) mass is 339 g/mol. The molecule has 0 saturated carbocycles. The van der Waals surface area contributed by atoms with Crippen LogP contribution in [-0.4, -0.2) is 33.6 Å². The fourth-order valence-corrected chi connectivity index (χ4v) is 2.59. The zero-order valence-electron chi connectivity index (χ0n) is 10.5. The fraction of sp³-hybridized carbons (Fsp3) is 0.231. The third-order valence-corrected chi connectivity index (χ3v) is 4.07. The largest absolute Gasteiger partial charge is 0.347 e. The van der Waals surface area contributed by atoms with Gasteiger partial charge in [0.05, 0.1) is 12.3 Å². The summed E-state index contributed by atoms with van der Waals surface area (Å²) in [6, 6.07) is 7.93. The Labute approximate surface area is 124 Å². The molecule has 2 rings (SSSR count). The van der Waals surface area contributed by atoms with E-state index in [2.05, 4.69) is 25.9 Å². The second-order valence-corrected chi connectivity index (χ2v) is 5.99. The van der Waals surface area contributed by atoms with Gasteiger partial charge in [0.1, 0.15) is 5.82 Å². The molecular formula is C13H14BrN3OS. The van der Waals surface area contributed by atoms with Gasteiger partial charge in [0.25, 0.3) is 0 Å². The minimum absolute atomic E-state index is 0.0873. The van der Waals surface area contributed by atoms with Crippen LogP contribution in [0.15, 0.2) is 46.0 Å². The van der Waals surface area contributed by atoms with Crippen LogP contribution in [0.4, 0.5) is 0 Å². The van der Waals surface area contributed by atoms with Crippen molar-refractivity contribution in [2.75, 3.05) is 12.8 Å². The molecule has 0 bridgehead atoms. The summed E-state index contributed by atoms with van der Waals surface area (Å²) < 4.78 is 1.04. The Balaban J connectivity index is 1.82. The molecule has 0 unspecified atom stereocenters. The highest BCUT2D eigenvalue weighted by molar-refractivity contribution is 9.10. The van der Waals surface area contributed by atoms with Gasteiger partial charge in [0, 0.05) is 28.8 Å². The van der Waals surface area contributed by atoms with Crippen molar-refractivity contribution < 1.29 is 4.79 Å². The molecule has 0 aliphatic carbocycles. The van der Waals surface area contributed by atoms with Crippen LogP contribution in [0.3, 0.4) is 0 Å². The van der Waals surface area contributed by atoms with Gasteiger partial charge >= 0.3 is 0 Å². The first kappa shape index (κ1) is 14.1. The molecule has 1 aromatic heterocycles. The average molecular weight is 340 g/mol. The number of amides is 1. The Hall–Kier alpha value is -1.27. The highest BCUT2D eigenvalue weighted by Crippen LogP contribution is 2.20. The molecule has 19 heavy (non-hydrogen) atoms. The van der Waals surface area contributed by atoms with Crippen LogP contribution in [0.5, 0.6) is 0 Å². The van der Waals surface area contributed by atoms with Crippen molar-refractivity contribution in [1.29, 1.82) is 0 Å². The first-order valence-corrected chi connectivity index (χ1v) is 7.53. The van der Waals surface area contributed by atoms with E-state index in [1.165, 1.54) is 11.8 Å². The lowest BCUT2D eigenvalue weighted by Gasteiger charge is -2.15. The van der Waals surface area contributed by atoms with Gasteiger partial charge in [-0.3, -0.25) is 4.79 Å². The summed E-state index contributed by atoms with van der Waals surface area (Å²) in [5.74, 6) is 1.31. The lowest BCUT2D eigenvalue weighted by atomic mass is 10.4. The fourth-order valence-electron chi connectivity index (χ4n) is 1.48. The highest BCUT2D eigenvalue weighted by Gasteiger charge is 2.10. The van der Waals surface area contributed by atoms with Crippen molar-refractivity contribution in [3.63, 3.8) is 0 Å². The maximum atomic E-state index is 12.0. The van der Waals surface area contributed by atoms with Crippen molar-refractivity contribution in [2.24, 2.45) is 0 Å². The van der Waals surface area contributed by atoms with E-state index in [4.69, 9.17) is 0 Å². The summed E-state index contributed by atoms with van der Waals surface area (Å²) in [7, 11) is 1.78. The van der Waals surface area contributed by atoms with Crippen molar-refractivity contribution >= 4 is 33.6 Å². The normalized spacial score (nSPS) is 10.4. The topological polar surface area (TPSA) is 49.0 Å². The first-order valence-electron chi connectivity index (χ1n) is 5.76. The lowest BCUT2D eigenvalue weighted by molar-refractivity contribution is -0.127. The molecule has 1 heterocycles. The highest BCUT2D eigenvalue weighted by atomic mass is 79.9. The van der Waals surface area contributed by atoms with E-state index in [-0.39, 0.29) is 5.91 Å². The van der Waals surface area contributed by atoms with Gasteiger partial charge in [-0.05, 0) is 24.3 Å². The van der Waals surface area contributed by atoms with E-state index in [1.54, 1.807) is 24.3 Å². The zero-order chi connectivity index (χ0) is 13.7. The van der Waals surface area contributed by atoms with E-state index in [0.717, 1.165) is 15.2 Å². The molecule has 0 aliphatic heterocycles. The van der Waals surface area contributed by atoms with Crippen molar-refractivity contribution in [3.8, 4) is 0 Å². The molecule has 1 amide bonds. The first-order chi connectivity index (χ1) is 9.15. The van der Waals surface area contributed by atoms with Crippen LogP contribution in [0.25, 0.3) is 0 Å². The van der Waals surface area contributed by atoms with Crippen molar-refractivity contribution in [1.82, 2.24) is 14.9 Å². The third-order valence-electron chi connectivity index (χ3n) is 2.54. The summed E-state index contributed by atoms with van der Waals surface area (Å²) >= 11 is 4.92. The number of aromatic nitrogens is 2. The molecule has 4 nitrogen and oxygen atoms in total. The molecule has 1 aromatic carbocycles. The molecule has 2 aromatic rings. The SMILES string of the molecule is CN(Cc1ncc[nH]1)C(=O)CSc1ccc(Br)cc1. The van der Waals surface area contributed by atoms with Crippen LogP contribution >= 0.6 is 27.7 Å². The molecule has 0 radical (unpaired) electrons. The van der Waals surface area contributed by atoms with Gasteiger partial charge in [0.15, 0.2) is 0 Å². The second-order valence-electron chi connectivity index (χ2n) is 4.03. The van der Waals surface area contributed by atoms with E-state index in [1.807, 2.05) is 24.3 Å². The number of halogens is 1. The molecule has 0 spiro atoms. The number of hydrogen-bond acceptors (Lipinski definition) is 3. The average Bonchev–Trinajstić information content (AvgIpc) is 2.90. The van der Waals surface area contributed by atoms with Gasteiger partial charge < -0.3 is 9.88 Å². The number of carbonyl (C=O) groups is 1. The molecule has 0 atom stereocenters. The van der Waals surface area contributed by atoms with Gasteiger partial charge in [-0.2, -0.15) is 0 Å². The molecule has 0 aliphatic rings. The van der Waals surface area contributed by atoms with Crippen LogP contribution < -0.4 is 0 Å². The quantitative estimate of drug-likeness (QED) is 0.852. The number of imidazole rings is 1. The van der Waals surface area contributed by atoms with Crippen LogP contribution in [-0.2, 0) is 11.3 Å². The summed E-state index contributed by atoms with van der Waals surface area (Å²) in [6.45, 7) is 0.507. The standard InChI is InChI=1S/C13H14BrN3OS/c1-17(8-12-15-6-7-16-12)13(18)9-19-11-4-2-10(14)3-5-11/h2-7H,8-9H2,1H3,(H,15,16). The molecule has 100 valence electrons. The molecule has 0 saturated heterocycles. The van der Waals surface area contributed by atoms with E-state index < -0.39 is 0 Å². The second kappa shape index (κ2) is 6.77. The number of nitrogens with one attached hydrogen (secondary N) is 1. The van der Waals surface area contributed by atoms with Crippen LogP contribution in [0.2, 0.25) is 0 Å². The maximum Gasteiger partial charge on any atom is 0.233 e. The van der Waals surface area contributed by atoms with Crippen molar-refractivity contribution in [3.05, 3.63) is 47.0 Å². The van der Waals surface area contributed by atoms with E-state index in [0.29, 0.717) is 12.3 Å². The molecular weight excluding hydrogens is 326 g/mol.